The molecule has 1 aliphatic rings. The van der Waals surface area contributed by atoms with E-state index in [9.17, 15) is 14.7 Å². The fourth-order valence-corrected chi connectivity index (χ4v) is 3.81. The second-order valence-corrected chi connectivity index (χ2v) is 7.03. The molecule has 1 aliphatic carbocycles. The third kappa shape index (κ3) is 3.12. The topological polar surface area (TPSA) is 126 Å². The number of pyridine rings is 1. The van der Waals surface area contributed by atoms with Crippen molar-refractivity contribution < 1.29 is 24.5 Å². The molecule has 154 valence electrons. The van der Waals surface area contributed by atoms with Crippen molar-refractivity contribution >= 4 is 17.5 Å². The van der Waals surface area contributed by atoms with Crippen LogP contribution in [0.3, 0.4) is 0 Å². The molecule has 1 amide bonds. The largest absolute Gasteiger partial charge is 0.507 e. The van der Waals surface area contributed by atoms with Crippen molar-refractivity contribution in [1.29, 1.82) is 0 Å². The Morgan fingerprint density at radius 2 is 1.94 bits per heavy atom. The van der Waals surface area contributed by atoms with Crippen molar-refractivity contribution in [2.45, 2.75) is 6.42 Å². The standard InChI is InChI=1S/C22H16N4O5/c27-16-9-18(26-21(24-11-25-26)20(16)22(30)23-10-19(28)29)31-17-7-3-6-14-13-5-2-1-4-12(13)8-15(14)17/h1-7,9,11,27H,8,10H2,(H,23,30)(H,28,29). The quantitative estimate of drug-likeness (QED) is 0.402. The van der Waals surface area contributed by atoms with Gasteiger partial charge in [-0.25, -0.2) is 4.98 Å². The van der Waals surface area contributed by atoms with Crippen LogP contribution in [0.25, 0.3) is 16.8 Å². The minimum absolute atomic E-state index is 0.0498. The summed E-state index contributed by atoms with van der Waals surface area (Å²) >= 11 is 0. The van der Waals surface area contributed by atoms with Gasteiger partial charge in [-0.1, -0.05) is 36.4 Å². The minimum Gasteiger partial charge on any atom is -0.507 e. The number of hydrogen-bond donors (Lipinski definition) is 3. The van der Waals surface area contributed by atoms with Crippen LogP contribution < -0.4 is 10.1 Å². The molecule has 2 aromatic carbocycles. The van der Waals surface area contributed by atoms with Gasteiger partial charge in [0.1, 0.15) is 29.9 Å². The SMILES string of the molecule is O=C(O)CNC(=O)c1c(O)cc(Oc2cccc3c2Cc2ccccc2-3)n2ncnc12. The van der Waals surface area contributed by atoms with Crippen LogP contribution in [0.15, 0.2) is 54.9 Å². The number of hydrogen-bond acceptors (Lipinski definition) is 6. The van der Waals surface area contributed by atoms with Gasteiger partial charge < -0.3 is 20.3 Å². The lowest BCUT2D eigenvalue weighted by atomic mass is 10.1. The molecule has 2 aromatic heterocycles. The molecule has 9 nitrogen and oxygen atoms in total. The lowest BCUT2D eigenvalue weighted by molar-refractivity contribution is -0.135. The normalized spacial score (nSPS) is 11.7. The number of ether oxygens (including phenoxy) is 1. The molecule has 0 bridgehead atoms. The summed E-state index contributed by atoms with van der Waals surface area (Å²) in [6.45, 7) is -0.590. The molecule has 4 aromatic rings. The zero-order chi connectivity index (χ0) is 21.5. The zero-order valence-corrected chi connectivity index (χ0v) is 16.1. The first-order valence-electron chi connectivity index (χ1n) is 9.46. The molecule has 0 saturated heterocycles. The van der Waals surface area contributed by atoms with E-state index in [1.54, 1.807) is 0 Å². The van der Waals surface area contributed by atoms with Gasteiger partial charge in [0.05, 0.1) is 0 Å². The maximum absolute atomic E-state index is 12.4. The Labute approximate surface area is 175 Å². The number of aliphatic carboxylic acids is 1. The summed E-state index contributed by atoms with van der Waals surface area (Å²) in [6.07, 6.45) is 1.94. The van der Waals surface area contributed by atoms with E-state index in [2.05, 4.69) is 27.5 Å². The maximum Gasteiger partial charge on any atom is 0.322 e. The van der Waals surface area contributed by atoms with Gasteiger partial charge in [-0.05, 0) is 22.8 Å². The van der Waals surface area contributed by atoms with E-state index in [4.69, 9.17) is 9.84 Å². The maximum atomic E-state index is 12.4. The molecule has 0 fully saturated rings. The van der Waals surface area contributed by atoms with Gasteiger partial charge in [0.15, 0.2) is 5.65 Å². The summed E-state index contributed by atoms with van der Waals surface area (Å²) in [7, 11) is 0. The first-order chi connectivity index (χ1) is 15.0. The number of aromatic nitrogens is 3. The third-order valence-corrected chi connectivity index (χ3v) is 5.15. The number of carbonyl (C=O) groups is 2. The molecule has 5 rings (SSSR count). The van der Waals surface area contributed by atoms with E-state index >= 15 is 0 Å². The predicted octanol–water partition coefficient (Wildman–Crippen LogP) is 2.61. The number of rotatable bonds is 5. The molecular formula is C22H16N4O5. The average Bonchev–Trinajstić information content (AvgIpc) is 3.38. The summed E-state index contributed by atoms with van der Waals surface area (Å²) in [6, 6.07) is 15.1. The van der Waals surface area contributed by atoms with Crippen molar-refractivity contribution in [3.8, 4) is 28.5 Å². The number of fused-ring (bicyclic) bond motifs is 4. The van der Waals surface area contributed by atoms with Gasteiger partial charge in [-0.15, -0.1) is 0 Å². The number of carboxylic acids is 1. The number of nitrogens with one attached hydrogen (secondary N) is 1. The molecular weight excluding hydrogens is 400 g/mol. The number of amides is 1. The Kier molecular flexibility index (Phi) is 4.28. The molecule has 0 aliphatic heterocycles. The van der Waals surface area contributed by atoms with E-state index in [0.29, 0.717) is 12.2 Å². The van der Waals surface area contributed by atoms with Gasteiger partial charge >= 0.3 is 5.97 Å². The summed E-state index contributed by atoms with van der Waals surface area (Å²) in [5.41, 5.74) is 4.32. The van der Waals surface area contributed by atoms with E-state index in [0.717, 1.165) is 16.7 Å². The highest BCUT2D eigenvalue weighted by molar-refractivity contribution is 6.03. The van der Waals surface area contributed by atoms with Crippen LogP contribution in [0.5, 0.6) is 17.4 Å². The zero-order valence-electron chi connectivity index (χ0n) is 16.1. The Balaban J connectivity index is 1.54. The van der Waals surface area contributed by atoms with Crippen LogP contribution in [0.1, 0.15) is 21.5 Å². The van der Waals surface area contributed by atoms with Crippen molar-refractivity contribution in [3.05, 3.63) is 71.5 Å². The Hall–Kier alpha value is -4.40. The molecule has 2 heterocycles. The molecule has 0 spiro atoms. The third-order valence-electron chi connectivity index (χ3n) is 5.15. The molecule has 0 radical (unpaired) electrons. The lowest BCUT2D eigenvalue weighted by Gasteiger charge is -2.13. The summed E-state index contributed by atoms with van der Waals surface area (Å²) in [5.74, 6) is -1.60. The first kappa shape index (κ1) is 18.6. The average molecular weight is 416 g/mol. The number of aromatic hydroxyl groups is 1. The van der Waals surface area contributed by atoms with Gasteiger partial charge in [-0.2, -0.15) is 9.61 Å². The van der Waals surface area contributed by atoms with Gasteiger partial charge in [0.25, 0.3) is 5.91 Å². The van der Waals surface area contributed by atoms with Crippen molar-refractivity contribution in [1.82, 2.24) is 19.9 Å². The van der Waals surface area contributed by atoms with Crippen LogP contribution in [-0.2, 0) is 11.2 Å². The second-order valence-electron chi connectivity index (χ2n) is 7.03. The molecule has 0 unspecified atom stereocenters. The Morgan fingerprint density at radius 1 is 1.13 bits per heavy atom. The van der Waals surface area contributed by atoms with E-state index in [-0.39, 0.29) is 17.1 Å². The highest BCUT2D eigenvalue weighted by atomic mass is 16.5. The predicted molar refractivity (Wildman–Crippen MR) is 109 cm³/mol. The van der Waals surface area contributed by atoms with Gasteiger partial charge in [0.2, 0.25) is 5.88 Å². The van der Waals surface area contributed by atoms with Crippen molar-refractivity contribution in [2.75, 3.05) is 6.54 Å². The lowest BCUT2D eigenvalue weighted by Crippen LogP contribution is -2.29. The van der Waals surface area contributed by atoms with Crippen LogP contribution in [0.2, 0.25) is 0 Å². The first-order valence-corrected chi connectivity index (χ1v) is 9.46. The number of benzene rings is 2. The van der Waals surface area contributed by atoms with Crippen LogP contribution >= 0.6 is 0 Å². The molecule has 3 N–H and O–H groups in total. The molecule has 0 atom stereocenters. The summed E-state index contributed by atoms with van der Waals surface area (Å²) in [4.78, 5) is 27.1. The van der Waals surface area contributed by atoms with E-state index in [1.807, 2.05) is 30.3 Å². The number of carbonyl (C=O) groups excluding carboxylic acids is 1. The summed E-state index contributed by atoms with van der Waals surface area (Å²) < 4.78 is 7.40. The monoisotopic (exact) mass is 416 g/mol. The van der Waals surface area contributed by atoms with E-state index < -0.39 is 24.2 Å². The summed E-state index contributed by atoms with van der Waals surface area (Å²) in [5, 5.41) is 25.6. The molecule has 0 saturated carbocycles. The van der Waals surface area contributed by atoms with Crippen LogP contribution in [0.4, 0.5) is 0 Å². The number of nitrogens with zero attached hydrogens (tertiary/aromatic N) is 3. The Bertz CT molecular complexity index is 1360. The van der Waals surface area contributed by atoms with Crippen LogP contribution in [0, 0.1) is 0 Å². The van der Waals surface area contributed by atoms with Gasteiger partial charge in [0, 0.05) is 18.1 Å². The second kappa shape index (κ2) is 7.13. The number of carboxylic acid groups (broad SMARTS) is 1. The molecule has 9 heteroatoms. The molecule has 31 heavy (non-hydrogen) atoms. The Morgan fingerprint density at radius 3 is 2.77 bits per heavy atom. The fourth-order valence-electron chi connectivity index (χ4n) is 3.81. The highest BCUT2D eigenvalue weighted by Gasteiger charge is 2.24. The minimum atomic E-state index is -1.20. The fraction of sp³-hybridized carbons (Fsp3) is 0.0909. The van der Waals surface area contributed by atoms with Crippen LogP contribution in [-0.4, -0.2) is 43.2 Å². The van der Waals surface area contributed by atoms with Gasteiger partial charge in [-0.3, -0.25) is 9.59 Å². The highest BCUT2D eigenvalue weighted by Crippen LogP contribution is 2.42. The van der Waals surface area contributed by atoms with E-state index in [1.165, 1.54) is 22.5 Å². The smallest absolute Gasteiger partial charge is 0.322 e. The van der Waals surface area contributed by atoms with Crippen molar-refractivity contribution in [2.24, 2.45) is 0 Å². The van der Waals surface area contributed by atoms with Crippen molar-refractivity contribution in [3.63, 3.8) is 0 Å².